The number of hydrogen-bond acceptors (Lipinski definition) is 5. The maximum atomic E-state index is 12.6. The molecular weight excluding hydrogens is 308 g/mol. The molecule has 2 heterocycles. The maximum absolute atomic E-state index is 12.6. The fourth-order valence-corrected chi connectivity index (χ4v) is 3.48. The van der Waals surface area contributed by atoms with Gasteiger partial charge in [-0.05, 0) is 53.1 Å². The second kappa shape index (κ2) is 7.83. The minimum absolute atomic E-state index is 0.147. The monoisotopic (exact) mass is 336 g/mol. The molecule has 1 saturated heterocycles. The van der Waals surface area contributed by atoms with Crippen molar-refractivity contribution in [2.24, 2.45) is 0 Å². The van der Waals surface area contributed by atoms with Gasteiger partial charge in [0.15, 0.2) is 0 Å². The van der Waals surface area contributed by atoms with Crippen LogP contribution in [0.2, 0.25) is 0 Å². The van der Waals surface area contributed by atoms with Crippen molar-refractivity contribution in [1.29, 1.82) is 0 Å². The largest absolute Gasteiger partial charge is 0.465 e. The van der Waals surface area contributed by atoms with Crippen molar-refractivity contribution in [2.45, 2.75) is 58.7 Å². The number of nitrogens with zero attached hydrogens (tertiary/aromatic N) is 2. The average molecular weight is 336 g/mol. The second-order valence-electron chi connectivity index (χ2n) is 6.78. The summed E-state index contributed by atoms with van der Waals surface area (Å²) in [4.78, 5) is 28.2. The predicted octanol–water partition coefficient (Wildman–Crippen LogP) is 2.60. The highest BCUT2D eigenvalue weighted by atomic mass is 16.5. The fraction of sp³-hybridized carbons (Fsp3) is 0.667. The highest BCUT2D eigenvalue weighted by Gasteiger charge is 2.29. The first-order valence-corrected chi connectivity index (χ1v) is 8.50. The third kappa shape index (κ3) is 4.17. The summed E-state index contributed by atoms with van der Waals surface area (Å²) in [5.41, 5.74) is 0.436. The maximum Gasteiger partial charge on any atom is 0.341 e. The molecule has 2 rings (SSSR count). The van der Waals surface area contributed by atoms with Crippen molar-refractivity contribution < 1.29 is 18.7 Å². The molecule has 1 aromatic rings. The van der Waals surface area contributed by atoms with E-state index in [1.807, 2.05) is 16.8 Å². The van der Waals surface area contributed by atoms with E-state index in [2.05, 4.69) is 13.8 Å². The van der Waals surface area contributed by atoms with Gasteiger partial charge < -0.3 is 14.1 Å². The number of likely N-dealkylation sites (tertiary alicyclic amines) is 1. The van der Waals surface area contributed by atoms with Crippen LogP contribution in [0.25, 0.3) is 0 Å². The Morgan fingerprint density at radius 3 is 2.54 bits per heavy atom. The Balaban J connectivity index is 1.96. The molecular formula is C18H28N2O4. The molecule has 1 aliphatic rings. The molecule has 0 aliphatic carbocycles. The number of carbonyl (C=O) groups excluding carboxylic acids is 2. The number of esters is 1. The van der Waals surface area contributed by atoms with Gasteiger partial charge in [0, 0.05) is 12.1 Å². The highest BCUT2D eigenvalue weighted by Crippen LogP contribution is 2.23. The molecule has 24 heavy (non-hydrogen) atoms. The molecule has 0 bridgehead atoms. The van der Waals surface area contributed by atoms with Crippen LogP contribution in [0.3, 0.4) is 0 Å². The van der Waals surface area contributed by atoms with E-state index in [0.717, 1.165) is 12.8 Å². The van der Waals surface area contributed by atoms with Gasteiger partial charge in [0.2, 0.25) is 5.91 Å². The molecule has 134 valence electrons. The minimum atomic E-state index is -0.405. The molecule has 1 fully saturated rings. The summed E-state index contributed by atoms with van der Waals surface area (Å²) in [6.45, 7) is 6.78. The number of furan rings is 1. The molecule has 6 nitrogen and oxygen atoms in total. The number of ether oxygens (including phenoxy) is 1. The van der Waals surface area contributed by atoms with Gasteiger partial charge in [-0.3, -0.25) is 9.69 Å². The summed E-state index contributed by atoms with van der Waals surface area (Å²) in [6, 6.07) is 2.28. The molecule has 0 aromatic carbocycles. The van der Waals surface area contributed by atoms with Crippen molar-refractivity contribution in [3.8, 4) is 0 Å². The lowest BCUT2D eigenvalue weighted by Gasteiger charge is -2.39. The lowest BCUT2D eigenvalue weighted by atomic mass is 9.97. The van der Waals surface area contributed by atoms with E-state index in [-0.39, 0.29) is 5.91 Å². The summed E-state index contributed by atoms with van der Waals surface area (Å²) in [6.07, 6.45) is 3.32. The van der Waals surface area contributed by atoms with Crippen LogP contribution >= 0.6 is 0 Å². The van der Waals surface area contributed by atoms with Crippen molar-refractivity contribution in [3.63, 3.8) is 0 Å². The number of rotatable bonds is 5. The number of piperidine rings is 1. The van der Waals surface area contributed by atoms with Crippen molar-refractivity contribution in [3.05, 3.63) is 23.2 Å². The molecule has 1 aliphatic heterocycles. The Bertz CT molecular complexity index is 586. The van der Waals surface area contributed by atoms with Gasteiger partial charge in [-0.1, -0.05) is 0 Å². The zero-order chi connectivity index (χ0) is 17.9. The summed E-state index contributed by atoms with van der Waals surface area (Å²) in [5.74, 6) is 0.934. The van der Waals surface area contributed by atoms with Crippen LogP contribution in [0.15, 0.2) is 10.5 Å². The lowest BCUT2D eigenvalue weighted by Crippen LogP contribution is -2.50. The number of hydrogen-bond donors (Lipinski definition) is 0. The van der Waals surface area contributed by atoms with Crippen LogP contribution in [-0.2, 0) is 16.1 Å². The van der Waals surface area contributed by atoms with Crippen LogP contribution in [0.4, 0.5) is 0 Å². The van der Waals surface area contributed by atoms with E-state index in [0.29, 0.717) is 42.3 Å². The van der Waals surface area contributed by atoms with Gasteiger partial charge in [-0.2, -0.15) is 0 Å². The molecule has 0 saturated carbocycles. The number of carbonyl (C=O) groups is 2. The lowest BCUT2D eigenvalue weighted by molar-refractivity contribution is -0.138. The molecule has 0 N–H and O–H groups in total. The molecule has 0 radical (unpaired) electrons. The third-order valence-electron chi connectivity index (χ3n) is 4.69. The smallest absolute Gasteiger partial charge is 0.341 e. The average Bonchev–Trinajstić information content (AvgIpc) is 2.86. The van der Waals surface area contributed by atoms with Crippen LogP contribution in [0, 0.1) is 6.92 Å². The summed E-state index contributed by atoms with van der Waals surface area (Å²) in [7, 11) is 3.23. The van der Waals surface area contributed by atoms with Crippen molar-refractivity contribution >= 4 is 11.9 Å². The molecule has 2 atom stereocenters. The van der Waals surface area contributed by atoms with Crippen LogP contribution in [-0.4, -0.2) is 54.5 Å². The normalized spacial score (nSPS) is 21.2. The number of likely N-dealkylation sites (N-methyl/N-ethyl adjacent to an activating group) is 1. The summed E-state index contributed by atoms with van der Waals surface area (Å²) < 4.78 is 10.3. The van der Waals surface area contributed by atoms with Gasteiger partial charge in [-0.25, -0.2) is 4.79 Å². The number of aryl methyl sites for hydroxylation is 1. The highest BCUT2D eigenvalue weighted by molar-refractivity contribution is 5.90. The van der Waals surface area contributed by atoms with Crippen molar-refractivity contribution in [2.75, 3.05) is 20.7 Å². The van der Waals surface area contributed by atoms with E-state index >= 15 is 0 Å². The molecule has 2 unspecified atom stereocenters. The molecule has 1 amide bonds. The minimum Gasteiger partial charge on any atom is -0.465 e. The Kier molecular flexibility index (Phi) is 6.04. The molecule has 6 heteroatoms. The quantitative estimate of drug-likeness (QED) is 0.774. The zero-order valence-electron chi connectivity index (χ0n) is 15.3. The van der Waals surface area contributed by atoms with Gasteiger partial charge in [0.25, 0.3) is 0 Å². The Hall–Kier alpha value is -1.82. The van der Waals surface area contributed by atoms with E-state index in [4.69, 9.17) is 9.15 Å². The summed E-state index contributed by atoms with van der Waals surface area (Å²) >= 11 is 0. The third-order valence-corrected chi connectivity index (χ3v) is 4.69. The molecule has 1 aromatic heterocycles. The van der Waals surface area contributed by atoms with Gasteiger partial charge in [-0.15, -0.1) is 0 Å². The van der Waals surface area contributed by atoms with E-state index in [9.17, 15) is 9.59 Å². The van der Waals surface area contributed by atoms with E-state index < -0.39 is 5.97 Å². The van der Waals surface area contributed by atoms with Crippen LogP contribution in [0.1, 0.15) is 55.0 Å². The number of amides is 1. The molecule has 0 spiro atoms. The Morgan fingerprint density at radius 1 is 1.33 bits per heavy atom. The first-order chi connectivity index (χ1) is 11.3. The van der Waals surface area contributed by atoms with Gasteiger partial charge >= 0.3 is 5.97 Å². The predicted molar refractivity (Wildman–Crippen MR) is 90.7 cm³/mol. The SMILES string of the molecule is COC(=O)c1cc(CN(C)CC(=O)N2C(C)CCCC2C)oc1C. The number of methoxy groups -OCH3 is 1. The second-order valence-corrected chi connectivity index (χ2v) is 6.78. The topological polar surface area (TPSA) is 63.0 Å². The first-order valence-electron chi connectivity index (χ1n) is 8.50. The van der Waals surface area contributed by atoms with Crippen molar-refractivity contribution in [1.82, 2.24) is 9.80 Å². The van der Waals surface area contributed by atoms with E-state index in [1.54, 1.807) is 13.0 Å². The summed E-state index contributed by atoms with van der Waals surface area (Å²) in [5, 5.41) is 0. The first kappa shape index (κ1) is 18.5. The zero-order valence-corrected chi connectivity index (χ0v) is 15.3. The van der Waals surface area contributed by atoms with Crippen LogP contribution < -0.4 is 0 Å². The Labute approximate surface area is 143 Å². The fourth-order valence-electron chi connectivity index (χ4n) is 3.48. The van der Waals surface area contributed by atoms with Crippen LogP contribution in [0.5, 0.6) is 0 Å². The van der Waals surface area contributed by atoms with Gasteiger partial charge in [0.1, 0.15) is 17.1 Å². The van der Waals surface area contributed by atoms with Gasteiger partial charge in [0.05, 0.1) is 20.2 Å². The van der Waals surface area contributed by atoms with E-state index in [1.165, 1.54) is 13.5 Å². The Morgan fingerprint density at radius 2 is 1.96 bits per heavy atom. The standard InChI is InChI=1S/C18H28N2O4/c1-12-7-6-8-13(2)20(12)17(21)11-19(4)10-15-9-16(14(3)24-15)18(22)23-5/h9,12-13H,6-8,10-11H2,1-5H3.